The fourth-order valence-corrected chi connectivity index (χ4v) is 4.14. The van der Waals surface area contributed by atoms with E-state index in [4.69, 9.17) is 28.3 Å². The summed E-state index contributed by atoms with van der Waals surface area (Å²) in [6.45, 7) is 0.914. The molecule has 264 valence electrons. The highest BCUT2D eigenvalue weighted by molar-refractivity contribution is 5.98. The van der Waals surface area contributed by atoms with Crippen molar-refractivity contribution in [1.82, 2.24) is 31.9 Å². The van der Waals surface area contributed by atoms with E-state index in [1.54, 1.807) is 30.3 Å². The Morgan fingerprint density at radius 2 is 1.23 bits per heavy atom. The van der Waals surface area contributed by atoms with Crippen LogP contribution in [0.2, 0.25) is 0 Å². The van der Waals surface area contributed by atoms with Crippen LogP contribution < -0.4 is 54.8 Å². The van der Waals surface area contributed by atoms with Gasteiger partial charge in [-0.25, -0.2) is 4.79 Å². The van der Waals surface area contributed by atoms with Gasteiger partial charge in [-0.2, -0.15) is 0 Å². The third-order valence-electron chi connectivity index (χ3n) is 6.55. The number of carboxylic acid groups (broad SMARTS) is 1. The molecule has 0 bridgehead atoms. The van der Waals surface area contributed by atoms with E-state index in [0.717, 1.165) is 0 Å². The quantitative estimate of drug-likeness (QED) is 0.0330. The summed E-state index contributed by atoms with van der Waals surface area (Å²) in [6, 6.07) is 1.05. The zero-order valence-electron chi connectivity index (χ0n) is 26.2. The van der Waals surface area contributed by atoms with Gasteiger partial charge >= 0.3 is 5.97 Å². The summed E-state index contributed by atoms with van der Waals surface area (Å²) in [4.78, 5) is 99.1. The molecule has 20 nitrogen and oxygen atoms in total. The summed E-state index contributed by atoms with van der Waals surface area (Å²) in [5.74, 6) is -8.36. The molecule has 0 aliphatic carbocycles. The number of primary amides is 2. The Bertz CT molecular complexity index is 1340. The lowest BCUT2D eigenvalue weighted by Crippen LogP contribution is -2.59. The van der Waals surface area contributed by atoms with Crippen LogP contribution >= 0.6 is 0 Å². The average molecular weight is 678 g/mol. The van der Waals surface area contributed by atoms with Crippen LogP contribution in [0.5, 0.6) is 0 Å². The second-order valence-corrected chi connectivity index (χ2v) is 10.6. The summed E-state index contributed by atoms with van der Waals surface area (Å²) >= 11 is 0. The number of nitrogens with one attached hydrogen (secondary N) is 7. The molecule has 5 atom stereocenters. The number of rotatable bonds is 21. The maximum absolute atomic E-state index is 13.1. The van der Waals surface area contributed by atoms with Crippen molar-refractivity contribution < 1.29 is 43.5 Å². The molecule has 0 aliphatic heterocycles. The Balaban J connectivity index is 3.00. The summed E-state index contributed by atoms with van der Waals surface area (Å²) in [6.07, 6.45) is -1.27. The number of aliphatic carboxylic acids is 1. The highest BCUT2D eigenvalue weighted by atomic mass is 16.4. The van der Waals surface area contributed by atoms with E-state index in [0.29, 0.717) is 5.56 Å². The number of hydrogen-bond donors (Lipinski definition) is 12. The highest BCUT2D eigenvalue weighted by Gasteiger charge is 2.32. The number of amides is 7. The molecule has 0 fully saturated rings. The largest absolute Gasteiger partial charge is 0.480 e. The normalized spacial score (nSPS) is 13.6. The molecule has 0 spiro atoms. The lowest BCUT2D eigenvalue weighted by molar-refractivity contribution is -0.142. The standard InChI is InChI=1S/C28H43N11O9/c1-14(23(43)37-18(12-21(31)41)26(46)39-19(27(47)48)10-15-6-3-2-4-7-15)35-25(45)17(11-20(30)40)38-24(44)16(36-22(42)13-29)8-5-9-34-28(32)33/h2-4,6-7,14,16-19H,5,8-13,29H2,1H3,(H2,30,40)(H2,31,41)(H,35,45)(H,36,42)(H,37,43)(H,38,44)(H,39,46)(H,47,48)(H4,32,33,34)/t14-,16-,17-,18-,19-/m0/s1. The fraction of sp³-hybridized carbons (Fsp3) is 0.464. The molecule has 1 aromatic rings. The van der Waals surface area contributed by atoms with E-state index in [1.165, 1.54) is 6.92 Å². The highest BCUT2D eigenvalue weighted by Crippen LogP contribution is 2.06. The van der Waals surface area contributed by atoms with Gasteiger partial charge in [-0.05, 0) is 25.3 Å². The van der Waals surface area contributed by atoms with E-state index in [9.17, 15) is 43.5 Å². The topological polar surface area (TPSA) is 357 Å². The van der Waals surface area contributed by atoms with Crippen molar-refractivity contribution in [2.75, 3.05) is 13.1 Å². The smallest absolute Gasteiger partial charge is 0.326 e. The molecule has 0 radical (unpaired) electrons. The Morgan fingerprint density at radius 3 is 1.73 bits per heavy atom. The Kier molecular flexibility index (Phi) is 17.1. The van der Waals surface area contributed by atoms with Crippen molar-refractivity contribution in [2.24, 2.45) is 22.9 Å². The van der Waals surface area contributed by atoms with Crippen molar-refractivity contribution in [1.29, 1.82) is 5.41 Å². The molecule has 0 saturated heterocycles. The van der Waals surface area contributed by atoms with E-state index in [2.05, 4.69) is 31.9 Å². The zero-order chi connectivity index (χ0) is 36.4. The first-order valence-electron chi connectivity index (χ1n) is 14.7. The van der Waals surface area contributed by atoms with Crippen LogP contribution in [0.15, 0.2) is 30.3 Å². The van der Waals surface area contributed by atoms with Crippen molar-refractivity contribution in [3.05, 3.63) is 35.9 Å². The predicted molar refractivity (Wildman–Crippen MR) is 169 cm³/mol. The van der Waals surface area contributed by atoms with E-state index in [1.807, 2.05) is 0 Å². The zero-order valence-corrected chi connectivity index (χ0v) is 26.2. The average Bonchev–Trinajstić information content (AvgIpc) is 3.00. The molecule has 0 aromatic heterocycles. The van der Waals surface area contributed by atoms with E-state index >= 15 is 0 Å². The minimum atomic E-state index is -1.63. The number of carbonyl (C=O) groups excluding carboxylic acids is 7. The summed E-state index contributed by atoms with van der Waals surface area (Å²) in [5.41, 5.74) is 21.6. The maximum Gasteiger partial charge on any atom is 0.326 e. The first-order valence-corrected chi connectivity index (χ1v) is 14.7. The lowest BCUT2D eigenvalue weighted by atomic mass is 10.0. The van der Waals surface area contributed by atoms with Gasteiger partial charge in [0.05, 0.1) is 19.4 Å². The van der Waals surface area contributed by atoms with Gasteiger partial charge in [0.25, 0.3) is 0 Å². The van der Waals surface area contributed by atoms with Gasteiger partial charge in [0, 0.05) is 13.0 Å². The minimum absolute atomic E-state index is 0.0129. The first kappa shape index (κ1) is 40.2. The lowest BCUT2D eigenvalue weighted by Gasteiger charge is -2.25. The number of hydrogen-bond acceptors (Lipinski definition) is 10. The first-order chi connectivity index (χ1) is 22.5. The van der Waals surface area contributed by atoms with Gasteiger partial charge in [0.15, 0.2) is 5.96 Å². The van der Waals surface area contributed by atoms with Gasteiger partial charge in [-0.15, -0.1) is 0 Å². The molecule has 0 saturated carbocycles. The number of benzene rings is 1. The van der Waals surface area contributed by atoms with Gasteiger partial charge in [0.2, 0.25) is 41.4 Å². The van der Waals surface area contributed by atoms with Crippen molar-refractivity contribution in [3.63, 3.8) is 0 Å². The second-order valence-electron chi connectivity index (χ2n) is 10.6. The number of carbonyl (C=O) groups is 8. The van der Waals surface area contributed by atoms with Crippen LogP contribution in [0.1, 0.15) is 38.2 Å². The number of carboxylic acids is 1. The number of nitrogens with two attached hydrogens (primary N) is 4. The fourth-order valence-electron chi connectivity index (χ4n) is 4.14. The summed E-state index contributed by atoms with van der Waals surface area (Å²) < 4.78 is 0. The van der Waals surface area contributed by atoms with Gasteiger partial charge < -0.3 is 59.9 Å². The van der Waals surface area contributed by atoms with Crippen LogP contribution in [-0.4, -0.2) is 102 Å². The van der Waals surface area contributed by atoms with Crippen LogP contribution in [0.3, 0.4) is 0 Å². The third kappa shape index (κ3) is 15.5. The molecule has 48 heavy (non-hydrogen) atoms. The minimum Gasteiger partial charge on any atom is -0.480 e. The summed E-state index contributed by atoms with van der Waals surface area (Å²) in [7, 11) is 0. The molecule has 20 heteroatoms. The van der Waals surface area contributed by atoms with Crippen LogP contribution in [0, 0.1) is 5.41 Å². The van der Waals surface area contributed by atoms with Crippen LogP contribution in [-0.2, 0) is 44.8 Å². The van der Waals surface area contributed by atoms with Crippen molar-refractivity contribution >= 4 is 53.3 Å². The number of guanidine groups is 1. The molecule has 7 amide bonds. The summed E-state index contributed by atoms with van der Waals surface area (Å²) in [5, 5.41) is 30.8. The molecule has 0 heterocycles. The molecule has 0 aliphatic rings. The molecular weight excluding hydrogens is 634 g/mol. The van der Waals surface area contributed by atoms with Crippen LogP contribution in [0.25, 0.3) is 0 Å². The monoisotopic (exact) mass is 677 g/mol. The Labute approximate surface area is 275 Å². The van der Waals surface area contributed by atoms with E-state index in [-0.39, 0.29) is 31.8 Å². The predicted octanol–water partition coefficient (Wildman–Crippen LogP) is -5.27. The molecule has 1 aromatic carbocycles. The Morgan fingerprint density at radius 1 is 0.729 bits per heavy atom. The second kappa shape index (κ2) is 20.4. The van der Waals surface area contributed by atoms with Crippen LogP contribution in [0.4, 0.5) is 0 Å². The van der Waals surface area contributed by atoms with Gasteiger partial charge in [-0.3, -0.25) is 39.0 Å². The molecule has 0 unspecified atom stereocenters. The van der Waals surface area contributed by atoms with E-state index < -0.39 is 96.9 Å². The third-order valence-corrected chi connectivity index (χ3v) is 6.55. The van der Waals surface area contributed by atoms with Crippen molar-refractivity contribution in [3.8, 4) is 0 Å². The SMILES string of the molecule is C[C@H](NC(=O)[C@H](CC(N)=O)NC(=O)[C@H](CCCNC(=N)N)NC(=O)CN)C(=O)N[C@@H](CC(N)=O)C(=O)N[C@@H](Cc1ccccc1)C(=O)O. The molecule has 1 rings (SSSR count). The van der Waals surface area contributed by atoms with Crippen molar-refractivity contribution in [2.45, 2.75) is 69.2 Å². The van der Waals surface area contributed by atoms with Gasteiger partial charge in [0.1, 0.15) is 30.2 Å². The maximum atomic E-state index is 13.1. The molecular formula is C28H43N11O9. The van der Waals surface area contributed by atoms with Gasteiger partial charge in [-0.1, -0.05) is 30.3 Å². The molecule has 16 N–H and O–H groups in total. The Hall–Kier alpha value is -5.79.